The van der Waals surface area contributed by atoms with Gasteiger partial charge in [-0.3, -0.25) is 14.4 Å². The van der Waals surface area contributed by atoms with E-state index >= 15 is 0 Å². The molecule has 1 aromatic carbocycles. The minimum absolute atomic E-state index is 0.105. The van der Waals surface area contributed by atoms with Crippen molar-refractivity contribution in [1.29, 1.82) is 0 Å². The lowest BCUT2D eigenvalue weighted by atomic mass is 9.93. The summed E-state index contributed by atoms with van der Waals surface area (Å²) in [6.45, 7) is 18.6. The SMILES string of the molecule is CCCN(C)C(=O)OCc1ccc(NC(=O)[C@H](C)NC(=O)[C@@H](NC(=O)CC(C)(C)OCCC(C)(C)C)C(C)C)cc1. The molecule has 0 saturated heterocycles. The zero-order valence-electron chi connectivity index (χ0n) is 26.7. The van der Waals surface area contributed by atoms with Crippen LogP contribution in [0, 0.1) is 11.3 Å². The fraction of sp³-hybridized carbons (Fsp3) is 0.677. The molecule has 10 heteroatoms. The zero-order chi connectivity index (χ0) is 31.4. The van der Waals surface area contributed by atoms with Gasteiger partial charge in [-0.05, 0) is 62.6 Å². The maximum absolute atomic E-state index is 13.0. The lowest BCUT2D eigenvalue weighted by Crippen LogP contribution is -2.54. The van der Waals surface area contributed by atoms with Gasteiger partial charge in [0, 0.05) is 25.9 Å². The van der Waals surface area contributed by atoms with Gasteiger partial charge in [0.15, 0.2) is 0 Å². The van der Waals surface area contributed by atoms with Crippen molar-refractivity contribution in [2.75, 3.05) is 25.5 Å². The Bertz CT molecular complexity index is 1000. The van der Waals surface area contributed by atoms with Crippen LogP contribution in [0.5, 0.6) is 0 Å². The number of ether oxygens (including phenoxy) is 2. The van der Waals surface area contributed by atoms with Crippen LogP contribution in [-0.2, 0) is 30.5 Å². The molecule has 0 aliphatic carbocycles. The van der Waals surface area contributed by atoms with Gasteiger partial charge in [0.25, 0.3) is 0 Å². The maximum Gasteiger partial charge on any atom is 0.409 e. The van der Waals surface area contributed by atoms with Crippen molar-refractivity contribution in [3.05, 3.63) is 29.8 Å². The highest BCUT2D eigenvalue weighted by Crippen LogP contribution is 2.22. The monoisotopic (exact) mass is 576 g/mol. The summed E-state index contributed by atoms with van der Waals surface area (Å²) in [5.41, 5.74) is 0.772. The van der Waals surface area contributed by atoms with Gasteiger partial charge in [-0.1, -0.05) is 53.7 Å². The normalized spacial score (nSPS) is 13.2. The third-order valence-corrected chi connectivity index (χ3v) is 6.40. The quantitative estimate of drug-likeness (QED) is 0.274. The minimum atomic E-state index is -0.840. The number of benzene rings is 1. The second kappa shape index (κ2) is 16.3. The summed E-state index contributed by atoms with van der Waals surface area (Å²) >= 11 is 0. The van der Waals surface area contributed by atoms with E-state index < -0.39 is 35.6 Å². The summed E-state index contributed by atoms with van der Waals surface area (Å²) in [5, 5.41) is 8.29. The van der Waals surface area contributed by atoms with E-state index in [1.54, 1.807) is 38.2 Å². The topological polar surface area (TPSA) is 126 Å². The average Bonchev–Trinajstić information content (AvgIpc) is 2.85. The molecular weight excluding hydrogens is 524 g/mol. The highest BCUT2D eigenvalue weighted by molar-refractivity contribution is 5.98. The largest absolute Gasteiger partial charge is 0.445 e. The average molecular weight is 577 g/mol. The van der Waals surface area contributed by atoms with Crippen LogP contribution in [0.2, 0.25) is 0 Å². The predicted octanol–water partition coefficient (Wildman–Crippen LogP) is 4.87. The molecule has 0 spiro atoms. The molecule has 0 bridgehead atoms. The minimum Gasteiger partial charge on any atom is -0.445 e. The summed E-state index contributed by atoms with van der Waals surface area (Å²) in [6, 6.07) is 5.27. The van der Waals surface area contributed by atoms with Crippen molar-refractivity contribution >= 4 is 29.5 Å². The van der Waals surface area contributed by atoms with E-state index in [1.165, 1.54) is 4.90 Å². The van der Waals surface area contributed by atoms with Gasteiger partial charge in [0.1, 0.15) is 18.7 Å². The highest BCUT2D eigenvalue weighted by Gasteiger charge is 2.30. The van der Waals surface area contributed by atoms with Crippen LogP contribution in [0.4, 0.5) is 10.5 Å². The van der Waals surface area contributed by atoms with Gasteiger partial charge in [0.05, 0.1) is 12.0 Å². The number of amides is 4. The standard InChI is InChI=1S/C31H52N4O6/c1-11-17-35(10)29(39)40-20-23-12-14-24(15-13-23)33-27(37)22(4)32-28(38)26(21(2)3)34-25(36)19-31(8,9)41-18-16-30(5,6)7/h12-15,21-22,26H,11,16-20H2,1-10H3,(H,32,38)(H,33,37)(H,34,36)/t22-,26-/m0/s1. The summed E-state index contributed by atoms with van der Waals surface area (Å²) in [6.07, 6.45) is 1.43. The Morgan fingerprint density at radius 1 is 0.927 bits per heavy atom. The van der Waals surface area contributed by atoms with Gasteiger partial charge in [-0.25, -0.2) is 4.79 Å². The van der Waals surface area contributed by atoms with Crippen molar-refractivity contribution in [3.8, 4) is 0 Å². The van der Waals surface area contributed by atoms with Crippen LogP contribution in [0.3, 0.4) is 0 Å². The third kappa shape index (κ3) is 14.4. The Labute approximate surface area is 246 Å². The molecule has 0 saturated carbocycles. The van der Waals surface area contributed by atoms with Crippen molar-refractivity contribution in [1.82, 2.24) is 15.5 Å². The van der Waals surface area contributed by atoms with E-state index in [0.29, 0.717) is 18.8 Å². The molecule has 0 fully saturated rings. The molecule has 10 nitrogen and oxygen atoms in total. The molecule has 232 valence electrons. The number of carbonyl (C=O) groups is 4. The van der Waals surface area contributed by atoms with Crippen molar-refractivity contribution in [3.63, 3.8) is 0 Å². The third-order valence-electron chi connectivity index (χ3n) is 6.40. The van der Waals surface area contributed by atoms with E-state index in [1.807, 2.05) is 34.6 Å². The van der Waals surface area contributed by atoms with Gasteiger partial charge in [0.2, 0.25) is 17.7 Å². The molecule has 0 aliphatic rings. The molecule has 1 rings (SSSR count). The number of nitrogens with zero attached hydrogens (tertiary/aromatic N) is 1. The van der Waals surface area contributed by atoms with Crippen molar-refractivity contribution in [2.24, 2.45) is 11.3 Å². The number of nitrogens with one attached hydrogen (secondary N) is 3. The molecule has 1 aromatic rings. The van der Waals surface area contributed by atoms with E-state index in [9.17, 15) is 19.2 Å². The number of rotatable bonds is 15. The summed E-state index contributed by atoms with van der Waals surface area (Å²) in [7, 11) is 1.69. The van der Waals surface area contributed by atoms with Crippen LogP contribution in [0.1, 0.15) is 87.1 Å². The Balaban J connectivity index is 2.63. The van der Waals surface area contributed by atoms with Crippen LogP contribution in [-0.4, -0.2) is 66.6 Å². The van der Waals surface area contributed by atoms with E-state index in [-0.39, 0.29) is 30.3 Å². The lowest BCUT2D eigenvalue weighted by molar-refractivity contribution is -0.134. The zero-order valence-corrected chi connectivity index (χ0v) is 26.7. The second-order valence-corrected chi connectivity index (χ2v) is 12.8. The summed E-state index contributed by atoms with van der Waals surface area (Å²) in [5.74, 6) is -1.32. The van der Waals surface area contributed by atoms with Gasteiger partial charge >= 0.3 is 6.09 Å². The Kier molecular flexibility index (Phi) is 14.3. The molecule has 0 unspecified atom stereocenters. The second-order valence-electron chi connectivity index (χ2n) is 12.8. The first-order valence-corrected chi connectivity index (χ1v) is 14.5. The number of hydrogen-bond acceptors (Lipinski definition) is 6. The Hall–Kier alpha value is -3.14. The molecule has 2 atom stereocenters. The van der Waals surface area contributed by atoms with Crippen molar-refractivity contribution in [2.45, 2.75) is 106 Å². The molecule has 0 radical (unpaired) electrons. The first kappa shape index (κ1) is 35.9. The van der Waals surface area contributed by atoms with E-state index in [4.69, 9.17) is 9.47 Å². The smallest absolute Gasteiger partial charge is 0.409 e. The fourth-order valence-electron chi connectivity index (χ4n) is 3.82. The maximum atomic E-state index is 13.0. The molecular formula is C31H52N4O6. The van der Waals surface area contributed by atoms with Crippen LogP contribution >= 0.6 is 0 Å². The van der Waals surface area contributed by atoms with Crippen LogP contribution in [0.15, 0.2) is 24.3 Å². The molecule has 0 heterocycles. The lowest BCUT2D eigenvalue weighted by Gasteiger charge is -2.29. The first-order chi connectivity index (χ1) is 18.9. The van der Waals surface area contributed by atoms with Crippen LogP contribution in [0.25, 0.3) is 0 Å². The Morgan fingerprint density at radius 2 is 1.54 bits per heavy atom. The van der Waals surface area contributed by atoms with Gasteiger partial charge in [-0.15, -0.1) is 0 Å². The molecule has 41 heavy (non-hydrogen) atoms. The van der Waals surface area contributed by atoms with Crippen LogP contribution < -0.4 is 16.0 Å². The predicted molar refractivity (Wildman–Crippen MR) is 161 cm³/mol. The summed E-state index contributed by atoms with van der Waals surface area (Å²) < 4.78 is 11.2. The molecule has 3 N–H and O–H groups in total. The van der Waals surface area contributed by atoms with Gasteiger partial charge in [-0.2, -0.15) is 0 Å². The first-order valence-electron chi connectivity index (χ1n) is 14.5. The number of hydrogen-bond donors (Lipinski definition) is 3. The van der Waals surface area contributed by atoms with Crippen molar-refractivity contribution < 1.29 is 28.7 Å². The number of carbonyl (C=O) groups excluding carboxylic acids is 4. The van der Waals surface area contributed by atoms with E-state index in [0.717, 1.165) is 18.4 Å². The highest BCUT2D eigenvalue weighted by atomic mass is 16.6. The summed E-state index contributed by atoms with van der Waals surface area (Å²) in [4.78, 5) is 52.0. The number of anilines is 1. The molecule has 0 aliphatic heterocycles. The van der Waals surface area contributed by atoms with Gasteiger partial charge < -0.3 is 30.3 Å². The Morgan fingerprint density at radius 3 is 2.07 bits per heavy atom. The molecule has 0 aromatic heterocycles. The fourth-order valence-corrected chi connectivity index (χ4v) is 3.82. The van der Waals surface area contributed by atoms with E-state index in [2.05, 4.69) is 36.7 Å². The molecule has 4 amide bonds.